The first-order chi connectivity index (χ1) is 12.0. The number of hydrogen-bond donors (Lipinski definition) is 0. The second kappa shape index (κ2) is 21.7. The number of nitrogens with zero attached hydrogens (tertiary/aromatic N) is 1. The molecule has 6 nitrogen and oxygen atoms in total. The van der Waals surface area contributed by atoms with Crippen molar-refractivity contribution < 1.29 is 36.0 Å². The van der Waals surface area contributed by atoms with Gasteiger partial charge in [-0.15, -0.1) is 41.6 Å². The first kappa shape index (κ1) is 34.0. The third-order valence-corrected chi connectivity index (χ3v) is 3.74. The molecular formula is C18H35Cl2CoN2O4+4. The van der Waals surface area contributed by atoms with Crippen molar-refractivity contribution in [2.45, 2.75) is 41.5 Å². The molecule has 0 unspecified atom stereocenters. The fourth-order valence-corrected chi connectivity index (χ4v) is 1.73. The Kier molecular flexibility index (Phi) is 27.3. The van der Waals surface area contributed by atoms with Crippen LogP contribution in [0.1, 0.15) is 41.5 Å². The minimum absolute atomic E-state index is 0. The Bertz CT molecular complexity index is 365. The van der Waals surface area contributed by atoms with Crippen molar-refractivity contribution in [3.05, 3.63) is 17.6 Å². The van der Waals surface area contributed by atoms with E-state index in [-0.39, 0.29) is 39.9 Å². The van der Waals surface area contributed by atoms with Crippen molar-refractivity contribution in [2.24, 2.45) is 0 Å². The van der Waals surface area contributed by atoms with Crippen molar-refractivity contribution in [3.8, 4) is 0 Å². The Morgan fingerprint density at radius 2 is 1.00 bits per heavy atom. The summed E-state index contributed by atoms with van der Waals surface area (Å²) in [7, 11) is 0. The Morgan fingerprint density at radius 1 is 0.741 bits per heavy atom. The summed E-state index contributed by atoms with van der Waals surface area (Å²) >= 11 is 11.0. The summed E-state index contributed by atoms with van der Waals surface area (Å²) in [5.74, 6) is 3.02. The molecule has 27 heavy (non-hydrogen) atoms. The average Bonchev–Trinajstić information content (AvgIpc) is 2.54. The molecule has 0 aromatic carbocycles. The van der Waals surface area contributed by atoms with Crippen LogP contribution in [0.5, 0.6) is 0 Å². The molecule has 0 saturated heterocycles. The van der Waals surface area contributed by atoms with E-state index in [9.17, 15) is 0 Å². The van der Waals surface area contributed by atoms with E-state index in [1.807, 2.05) is 0 Å². The number of alkyl halides is 2. The molecule has 0 aliphatic rings. The standard InChI is InChI=1S/C6H13Cl2N2.2C6H9O2.Co/c7-1-4-10(5-2-8)6-3-9;2*1-4(5(2)7)6(3)8;/h9H,1-6H2;2*1-3H3;/q3*-1;+3/p+4. The van der Waals surface area contributed by atoms with Crippen LogP contribution in [0, 0.1) is 11.8 Å². The summed E-state index contributed by atoms with van der Waals surface area (Å²) in [6.45, 7) is 12.3. The van der Waals surface area contributed by atoms with Gasteiger partial charge in [0.25, 0.3) is 0 Å². The SMILES string of the molecule is CC(=[OH+])[C-](C)C(C)=[OH+].CC(=[OH+])[C-](C)C(C)=[OH+].[Co+3].[NH-]CCN(CCCl)CCCl. The molecule has 5 N–H and O–H groups in total. The molecule has 0 rings (SSSR count). The summed E-state index contributed by atoms with van der Waals surface area (Å²) in [6, 6.07) is 0. The van der Waals surface area contributed by atoms with Gasteiger partial charge in [0.1, 0.15) is 0 Å². The summed E-state index contributed by atoms with van der Waals surface area (Å²) in [5.41, 5.74) is 6.96. The Hall–Kier alpha value is -0.574. The van der Waals surface area contributed by atoms with Gasteiger partial charge in [-0.2, -0.15) is 13.8 Å². The molecule has 0 radical (unpaired) electrons. The topological polar surface area (TPSA) is 113 Å². The fraction of sp³-hybridized carbons (Fsp3) is 0.667. The van der Waals surface area contributed by atoms with Crippen molar-refractivity contribution in [1.29, 1.82) is 0 Å². The first-order valence-electron chi connectivity index (χ1n) is 8.23. The van der Waals surface area contributed by atoms with Crippen molar-refractivity contribution in [2.75, 3.05) is 37.9 Å². The van der Waals surface area contributed by atoms with E-state index in [0.717, 1.165) is 19.6 Å². The van der Waals surface area contributed by atoms with Crippen LogP contribution in [0.4, 0.5) is 0 Å². The van der Waals surface area contributed by atoms with E-state index in [1.165, 1.54) is 27.7 Å². The van der Waals surface area contributed by atoms with E-state index in [1.54, 1.807) is 13.8 Å². The van der Waals surface area contributed by atoms with Crippen LogP contribution >= 0.6 is 23.2 Å². The summed E-state index contributed by atoms with van der Waals surface area (Å²) in [5, 5.41) is 0. The van der Waals surface area contributed by atoms with Crippen LogP contribution in [0.2, 0.25) is 0 Å². The fourth-order valence-electron chi connectivity index (χ4n) is 1.26. The van der Waals surface area contributed by atoms with Crippen LogP contribution in [0.3, 0.4) is 0 Å². The second-order valence-corrected chi connectivity index (χ2v) is 6.32. The van der Waals surface area contributed by atoms with Crippen LogP contribution < -0.4 is 0 Å². The third kappa shape index (κ3) is 23.4. The van der Waals surface area contributed by atoms with Gasteiger partial charge in [0, 0.05) is 52.5 Å². The molecule has 0 aliphatic carbocycles. The zero-order chi connectivity index (χ0) is 21.3. The monoisotopic (exact) mass is 472 g/mol. The van der Waals surface area contributed by atoms with E-state index in [4.69, 9.17) is 48.1 Å². The van der Waals surface area contributed by atoms with Gasteiger partial charge < -0.3 is 29.8 Å². The molecule has 0 aromatic rings. The number of hydrogen-bond acceptors (Lipinski definition) is 1. The third-order valence-electron chi connectivity index (χ3n) is 3.40. The molecule has 9 heteroatoms. The molecule has 0 aliphatic heterocycles. The number of ketones is 4. The molecule has 0 aromatic heterocycles. The summed E-state index contributed by atoms with van der Waals surface area (Å²) in [6.07, 6.45) is 0. The van der Waals surface area contributed by atoms with Crippen LogP contribution in [-0.4, -0.2) is 85.2 Å². The van der Waals surface area contributed by atoms with Gasteiger partial charge in [-0.05, 0) is 6.54 Å². The Balaban J connectivity index is -0.000000146. The second-order valence-electron chi connectivity index (χ2n) is 5.56. The van der Waals surface area contributed by atoms with E-state index in [2.05, 4.69) is 4.90 Å². The molecule has 0 heterocycles. The molecule has 0 amide bonds. The van der Waals surface area contributed by atoms with Gasteiger partial charge >= 0.3 is 16.8 Å². The zero-order valence-corrected chi connectivity index (χ0v) is 19.6. The van der Waals surface area contributed by atoms with Crippen LogP contribution in [0.15, 0.2) is 0 Å². The van der Waals surface area contributed by atoms with Gasteiger partial charge in [0.15, 0.2) is 23.1 Å². The van der Waals surface area contributed by atoms with Gasteiger partial charge in [-0.25, -0.2) is 0 Å². The molecule has 0 fully saturated rings. The summed E-state index contributed by atoms with van der Waals surface area (Å²) in [4.78, 5) is 36.9. The van der Waals surface area contributed by atoms with Crippen molar-refractivity contribution >= 4 is 46.3 Å². The Morgan fingerprint density at radius 3 is 1.11 bits per heavy atom. The van der Waals surface area contributed by atoms with Crippen molar-refractivity contribution in [3.63, 3.8) is 0 Å². The smallest absolute Gasteiger partial charge is 0.676 e. The first-order valence-corrected chi connectivity index (χ1v) is 9.30. The molecule has 0 bridgehead atoms. The maximum Gasteiger partial charge on any atom is 3.00 e. The molecule has 160 valence electrons. The Labute approximate surface area is 184 Å². The van der Waals surface area contributed by atoms with E-state index in [0.29, 0.717) is 30.1 Å². The average molecular weight is 473 g/mol. The van der Waals surface area contributed by atoms with Gasteiger partial charge in [-0.1, -0.05) is 0 Å². The number of nitrogens with one attached hydrogen (secondary N) is 1. The maximum atomic E-state index is 8.69. The quantitative estimate of drug-likeness (QED) is 0.206. The maximum absolute atomic E-state index is 8.69. The largest absolute Gasteiger partial charge is 3.00 e. The van der Waals surface area contributed by atoms with Gasteiger partial charge in [-0.3, -0.25) is 0 Å². The number of halogens is 2. The number of carbonyl (C=O) groups excluding carboxylic acids is 4. The zero-order valence-electron chi connectivity index (χ0n) is 17.1. The molecule has 0 saturated carbocycles. The molecule has 0 spiro atoms. The normalized spacial score (nSPS) is 8.96. The van der Waals surface area contributed by atoms with Gasteiger partial charge in [0.05, 0.1) is 0 Å². The molecular weight excluding hydrogens is 438 g/mol. The van der Waals surface area contributed by atoms with E-state index >= 15 is 0 Å². The molecule has 0 atom stereocenters. The van der Waals surface area contributed by atoms with Gasteiger partial charge in [0.2, 0.25) is 0 Å². The minimum Gasteiger partial charge on any atom is -0.676 e. The van der Waals surface area contributed by atoms with Crippen molar-refractivity contribution in [1.82, 2.24) is 4.90 Å². The number of rotatable bonds is 10. The van der Waals surface area contributed by atoms with Crippen LogP contribution in [0.25, 0.3) is 5.73 Å². The minimum atomic E-state index is 0. The van der Waals surface area contributed by atoms with Crippen LogP contribution in [-0.2, 0) is 16.8 Å². The predicted molar refractivity (Wildman–Crippen MR) is 115 cm³/mol. The predicted octanol–water partition coefficient (Wildman–Crippen LogP) is 3.24. The summed E-state index contributed by atoms with van der Waals surface area (Å²) < 4.78 is 0. The van der Waals surface area contributed by atoms with E-state index < -0.39 is 0 Å².